The van der Waals surface area contributed by atoms with E-state index in [2.05, 4.69) is 5.32 Å². The van der Waals surface area contributed by atoms with Gasteiger partial charge in [-0.05, 0) is 36.8 Å². The Hall–Kier alpha value is -1.92. The van der Waals surface area contributed by atoms with Crippen LogP contribution in [0.15, 0.2) is 36.4 Å². The molecule has 0 saturated carbocycles. The summed E-state index contributed by atoms with van der Waals surface area (Å²) in [4.78, 5) is 12.1. The van der Waals surface area contributed by atoms with Crippen molar-refractivity contribution >= 4 is 29.3 Å². The van der Waals surface area contributed by atoms with Gasteiger partial charge in [0.2, 0.25) is 5.91 Å². The fourth-order valence-corrected chi connectivity index (χ4v) is 3.58. The minimum absolute atomic E-state index is 0.134. The van der Waals surface area contributed by atoms with E-state index in [9.17, 15) is 9.18 Å². The molecule has 1 N–H and O–H groups in total. The number of nitrogens with one attached hydrogen (secondary N) is 1. The van der Waals surface area contributed by atoms with Gasteiger partial charge in [-0.1, -0.05) is 23.7 Å². The Labute approximate surface area is 162 Å². The molecule has 1 amide bonds. The molecule has 0 heterocycles. The molecule has 0 aliphatic heterocycles. The first-order valence-electron chi connectivity index (χ1n) is 7.98. The predicted molar refractivity (Wildman–Crippen MR) is 104 cm³/mol. The first-order valence-corrected chi connectivity index (χ1v) is 9.51. The van der Waals surface area contributed by atoms with Crippen LogP contribution in [0.1, 0.15) is 24.1 Å². The Bertz CT molecular complexity index is 752. The molecule has 0 aliphatic rings. The predicted octanol–water partition coefficient (Wildman–Crippen LogP) is 4.61. The second-order valence-electron chi connectivity index (χ2n) is 5.60. The Balaban J connectivity index is 1.89. The first-order chi connectivity index (χ1) is 12.5. The van der Waals surface area contributed by atoms with E-state index in [1.807, 2.05) is 19.1 Å². The molecule has 0 bridgehead atoms. The van der Waals surface area contributed by atoms with E-state index in [-0.39, 0.29) is 23.5 Å². The summed E-state index contributed by atoms with van der Waals surface area (Å²) in [5.74, 6) is 1.29. The first kappa shape index (κ1) is 20.4. The van der Waals surface area contributed by atoms with E-state index in [1.54, 1.807) is 32.4 Å². The summed E-state index contributed by atoms with van der Waals surface area (Å²) < 4.78 is 24.2. The average molecular weight is 398 g/mol. The van der Waals surface area contributed by atoms with Crippen LogP contribution >= 0.6 is 23.4 Å². The van der Waals surface area contributed by atoms with Crippen LogP contribution in [-0.4, -0.2) is 25.9 Å². The van der Waals surface area contributed by atoms with Crippen molar-refractivity contribution in [1.82, 2.24) is 5.32 Å². The highest BCUT2D eigenvalue weighted by atomic mass is 35.5. The lowest BCUT2D eigenvalue weighted by molar-refractivity contribution is -0.119. The number of hydrogen-bond acceptors (Lipinski definition) is 4. The zero-order chi connectivity index (χ0) is 19.1. The maximum Gasteiger partial charge on any atom is 0.230 e. The van der Waals surface area contributed by atoms with Crippen LogP contribution in [0.5, 0.6) is 11.5 Å². The van der Waals surface area contributed by atoms with E-state index in [4.69, 9.17) is 21.1 Å². The maximum absolute atomic E-state index is 13.7. The van der Waals surface area contributed by atoms with Gasteiger partial charge >= 0.3 is 0 Å². The standard InChI is InChI=1S/C19H21ClFNO3S/c1-12(13-7-8-17(24-2)18(9-13)25-3)22-19(23)11-26-10-14-15(20)5-4-6-16(14)21/h4-9,12H,10-11H2,1-3H3,(H,22,23)/t12-/m1/s1. The van der Waals surface area contributed by atoms with Gasteiger partial charge in [0.1, 0.15) is 5.82 Å². The summed E-state index contributed by atoms with van der Waals surface area (Å²) in [6.07, 6.45) is 0. The molecule has 2 rings (SSSR count). The van der Waals surface area contributed by atoms with Crippen LogP contribution in [0, 0.1) is 5.82 Å². The number of benzene rings is 2. The van der Waals surface area contributed by atoms with E-state index >= 15 is 0 Å². The van der Waals surface area contributed by atoms with Gasteiger partial charge in [0.15, 0.2) is 11.5 Å². The largest absolute Gasteiger partial charge is 0.493 e. The van der Waals surface area contributed by atoms with Crippen molar-refractivity contribution in [2.24, 2.45) is 0 Å². The number of halogens is 2. The lowest BCUT2D eigenvalue weighted by atomic mass is 10.1. The van der Waals surface area contributed by atoms with Crippen LogP contribution in [0.3, 0.4) is 0 Å². The Morgan fingerprint density at radius 1 is 1.23 bits per heavy atom. The van der Waals surface area contributed by atoms with Gasteiger partial charge in [-0.2, -0.15) is 0 Å². The normalized spacial score (nSPS) is 11.7. The third kappa shape index (κ3) is 5.29. The molecular weight excluding hydrogens is 377 g/mol. The summed E-state index contributed by atoms with van der Waals surface area (Å²) in [5, 5.41) is 3.29. The van der Waals surface area contributed by atoms with E-state index in [0.29, 0.717) is 27.8 Å². The van der Waals surface area contributed by atoms with Crippen LogP contribution < -0.4 is 14.8 Å². The number of ether oxygens (including phenoxy) is 2. The number of thioether (sulfide) groups is 1. The molecule has 1 atom stereocenters. The highest BCUT2D eigenvalue weighted by Gasteiger charge is 2.14. The van der Waals surface area contributed by atoms with Gasteiger partial charge in [0.05, 0.1) is 26.0 Å². The van der Waals surface area contributed by atoms with Crippen LogP contribution in [0.2, 0.25) is 5.02 Å². The van der Waals surface area contributed by atoms with Crippen molar-refractivity contribution < 1.29 is 18.7 Å². The van der Waals surface area contributed by atoms with Gasteiger partial charge in [-0.15, -0.1) is 11.8 Å². The van der Waals surface area contributed by atoms with Crippen molar-refractivity contribution in [1.29, 1.82) is 0 Å². The van der Waals surface area contributed by atoms with E-state index in [0.717, 1.165) is 5.56 Å². The quantitative estimate of drug-likeness (QED) is 0.706. The number of rotatable bonds is 8. The maximum atomic E-state index is 13.7. The summed E-state index contributed by atoms with van der Waals surface area (Å²) in [6, 6.07) is 9.87. The molecule has 2 aromatic rings. The molecule has 2 aromatic carbocycles. The minimum Gasteiger partial charge on any atom is -0.493 e. The van der Waals surface area contributed by atoms with E-state index in [1.165, 1.54) is 17.8 Å². The van der Waals surface area contributed by atoms with Gasteiger partial charge in [0.25, 0.3) is 0 Å². The Morgan fingerprint density at radius 3 is 2.62 bits per heavy atom. The van der Waals surface area contributed by atoms with Crippen molar-refractivity contribution in [3.05, 3.63) is 58.4 Å². The van der Waals surface area contributed by atoms with Crippen LogP contribution in [0.25, 0.3) is 0 Å². The molecule has 0 unspecified atom stereocenters. The van der Waals surface area contributed by atoms with Gasteiger partial charge in [-0.3, -0.25) is 4.79 Å². The highest BCUT2D eigenvalue weighted by molar-refractivity contribution is 7.99. The second-order valence-corrected chi connectivity index (χ2v) is 6.99. The fourth-order valence-electron chi connectivity index (χ4n) is 2.40. The van der Waals surface area contributed by atoms with Gasteiger partial charge in [-0.25, -0.2) is 4.39 Å². The second kappa shape index (κ2) is 9.69. The number of carbonyl (C=O) groups is 1. The summed E-state index contributed by atoms with van der Waals surface area (Å²) >= 11 is 7.30. The summed E-state index contributed by atoms with van der Waals surface area (Å²) in [7, 11) is 3.14. The smallest absolute Gasteiger partial charge is 0.230 e. The van der Waals surface area contributed by atoms with Crippen LogP contribution in [0.4, 0.5) is 4.39 Å². The molecule has 0 aromatic heterocycles. The molecule has 0 spiro atoms. The molecule has 0 radical (unpaired) electrons. The highest BCUT2D eigenvalue weighted by Crippen LogP contribution is 2.30. The third-order valence-corrected chi connectivity index (χ3v) is 5.14. The fraction of sp³-hybridized carbons (Fsp3) is 0.316. The monoisotopic (exact) mass is 397 g/mol. The molecule has 0 fully saturated rings. The lowest BCUT2D eigenvalue weighted by Gasteiger charge is -2.16. The number of methoxy groups -OCH3 is 2. The third-order valence-electron chi connectivity index (χ3n) is 3.83. The Kier molecular flexibility index (Phi) is 7.60. The molecule has 26 heavy (non-hydrogen) atoms. The van der Waals surface area contributed by atoms with Crippen molar-refractivity contribution in [3.8, 4) is 11.5 Å². The molecule has 4 nitrogen and oxygen atoms in total. The van der Waals surface area contributed by atoms with Gasteiger partial charge in [0, 0.05) is 16.3 Å². The molecular formula is C19H21ClFNO3S. The SMILES string of the molecule is COc1ccc([C@@H](C)NC(=O)CSCc2c(F)cccc2Cl)cc1OC. The zero-order valence-electron chi connectivity index (χ0n) is 14.8. The minimum atomic E-state index is -0.357. The van der Waals surface area contributed by atoms with E-state index < -0.39 is 0 Å². The molecule has 0 saturated heterocycles. The van der Waals surface area contributed by atoms with Crippen molar-refractivity contribution in [3.63, 3.8) is 0 Å². The number of hydrogen-bond donors (Lipinski definition) is 1. The average Bonchev–Trinajstić information content (AvgIpc) is 2.63. The number of carbonyl (C=O) groups excluding carboxylic acids is 1. The van der Waals surface area contributed by atoms with Gasteiger partial charge < -0.3 is 14.8 Å². The summed E-state index contributed by atoms with van der Waals surface area (Å²) in [5.41, 5.74) is 1.32. The molecule has 0 aliphatic carbocycles. The zero-order valence-corrected chi connectivity index (χ0v) is 16.4. The van der Waals surface area contributed by atoms with Crippen molar-refractivity contribution in [2.45, 2.75) is 18.7 Å². The van der Waals surface area contributed by atoms with Crippen LogP contribution in [-0.2, 0) is 10.5 Å². The van der Waals surface area contributed by atoms with Crippen molar-refractivity contribution in [2.75, 3.05) is 20.0 Å². The number of amides is 1. The molecule has 140 valence electrons. The topological polar surface area (TPSA) is 47.6 Å². The molecule has 7 heteroatoms. The summed E-state index contributed by atoms with van der Waals surface area (Å²) in [6.45, 7) is 1.89. The lowest BCUT2D eigenvalue weighted by Crippen LogP contribution is -2.28. The Morgan fingerprint density at radius 2 is 1.96 bits per heavy atom.